The fraction of sp³-hybridized carbons (Fsp3) is 0.105. The van der Waals surface area contributed by atoms with Gasteiger partial charge in [-0.15, -0.1) is 0 Å². The van der Waals surface area contributed by atoms with Gasteiger partial charge in [0.05, 0.1) is 11.2 Å². The molecule has 25 heavy (non-hydrogen) atoms. The summed E-state index contributed by atoms with van der Waals surface area (Å²) in [4.78, 5) is 12.2. The molecule has 1 aliphatic rings. The van der Waals surface area contributed by atoms with Gasteiger partial charge in [0.2, 0.25) is 10.0 Å². The Bertz CT molecular complexity index is 936. The number of allylic oxidation sites excluding steroid dienone is 1. The molecule has 1 heterocycles. The predicted molar refractivity (Wildman–Crippen MR) is 95.2 cm³/mol. The van der Waals surface area contributed by atoms with Crippen LogP contribution in [0, 0.1) is 0 Å². The first-order valence-electron chi connectivity index (χ1n) is 7.69. The van der Waals surface area contributed by atoms with E-state index in [1.54, 1.807) is 12.3 Å². The van der Waals surface area contributed by atoms with Crippen LogP contribution in [0.4, 0.5) is 0 Å². The molecule has 0 radical (unpaired) electrons. The lowest BCUT2D eigenvalue weighted by Crippen LogP contribution is -2.12. The highest BCUT2D eigenvalue weighted by Gasteiger charge is 2.14. The monoisotopic (exact) mass is 355 g/mol. The summed E-state index contributed by atoms with van der Waals surface area (Å²) < 4.78 is 28.0. The molecule has 0 spiro atoms. The number of rotatable bonds is 5. The maximum atomic E-state index is 12.2. The minimum atomic E-state index is -3.76. The van der Waals surface area contributed by atoms with Crippen LogP contribution in [0.3, 0.4) is 0 Å². The van der Waals surface area contributed by atoms with Crippen molar-refractivity contribution in [2.75, 3.05) is 0 Å². The maximum Gasteiger partial charge on any atom is 0.238 e. The molecule has 0 saturated heterocycles. The number of carbonyl (C=O) groups is 1. The molecule has 1 atom stereocenters. The Kier molecular flexibility index (Phi) is 4.83. The molecule has 0 bridgehead atoms. The van der Waals surface area contributed by atoms with Gasteiger partial charge in [-0.1, -0.05) is 24.3 Å². The van der Waals surface area contributed by atoms with Crippen LogP contribution >= 0.6 is 0 Å². The van der Waals surface area contributed by atoms with Crippen LogP contribution in [0.5, 0.6) is 0 Å². The van der Waals surface area contributed by atoms with Gasteiger partial charge in [0.25, 0.3) is 0 Å². The molecule has 0 aliphatic carbocycles. The van der Waals surface area contributed by atoms with E-state index >= 15 is 0 Å². The van der Waals surface area contributed by atoms with Gasteiger partial charge in [0.15, 0.2) is 5.78 Å². The summed E-state index contributed by atoms with van der Waals surface area (Å²) in [6.45, 7) is 0. The van der Waals surface area contributed by atoms with E-state index in [-0.39, 0.29) is 16.8 Å². The number of nitrogens with two attached hydrogens (primary N) is 1. The highest BCUT2D eigenvalue weighted by Crippen LogP contribution is 2.27. The van der Waals surface area contributed by atoms with E-state index in [4.69, 9.17) is 9.88 Å². The third-order valence-corrected chi connectivity index (χ3v) is 4.80. The van der Waals surface area contributed by atoms with Gasteiger partial charge < -0.3 is 4.74 Å². The van der Waals surface area contributed by atoms with Crippen molar-refractivity contribution in [2.45, 2.75) is 17.4 Å². The van der Waals surface area contributed by atoms with Crippen molar-refractivity contribution in [3.05, 3.63) is 83.6 Å². The van der Waals surface area contributed by atoms with Gasteiger partial charge in [0, 0.05) is 12.0 Å². The first kappa shape index (κ1) is 17.1. The molecule has 2 aromatic rings. The van der Waals surface area contributed by atoms with Crippen molar-refractivity contribution in [2.24, 2.45) is 5.14 Å². The van der Waals surface area contributed by atoms with Gasteiger partial charge in [-0.3, -0.25) is 4.79 Å². The Balaban J connectivity index is 1.73. The summed E-state index contributed by atoms with van der Waals surface area (Å²) in [5, 5.41) is 5.04. The second-order valence-electron chi connectivity index (χ2n) is 5.67. The summed E-state index contributed by atoms with van der Waals surface area (Å²) in [6.07, 6.45) is 7.71. The van der Waals surface area contributed by atoms with Crippen LogP contribution in [0.1, 0.15) is 34.0 Å². The minimum absolute atomic E-state index is 0.0223. The van der Waals surface area contributed by atoms with E-state index in [2.05, 4.69) is 0 Å². The van der Waals surface area contributed by atoms with Crippen molar-refractivity contribution in [1.29, 1.82) is 0 Å². The van der Waals surface area contributed by atoms with Gasteiger partial charge in [-0.25, -0.2) is 13.6 Å². The summed E-state index contributed by atoms with van der Waals surface area (Å²) in [7, 11) is -3.76. The van der Waals surface area contributed by atoms with Crippen LogP contribution in [0.2, 0.25) is 0 Å². The first-order valence-corrected chi connectivity index (χ1v) is 9.24. The number of primary sulfonamides is 1. The number of benzene rings is 2. The van der Waals surface area contributed by atoms with Gasteiger partial charge in [-0.2, -0.15) is 0 Å². The van der Waals surface area contributed by atoms with E-state index in [0.717, 1.165) is 17.5 Å². The second-order valence-corrected chi connectivity index (χ2v) is 7.23. The molecule has 6 heteroatoms. The van der Waals surface area contributed by atoms with Gasteiger partial charge >= 0.3 is 0 Å². The standard InChI is InChI=1S/C19H17NO4S/c20-25(22,23)17-9-7-15(8-10-17)18(21)11-6-14-3-1-4-16(13-14)19-5-2-12-24-19/h1-4,6-13,19H,5H2,(H2,20,22,23)/b11-6+. The Hall–Kier alpha value is -2.70. The topological polar surface area (TPSA) is 86.5 Å². The fourth-order valence-corrected chi connectivity index (χ4v) is 3.06. The number of hydrogen-bond donors (Lipinski definition) is 1. The van der Waals surface area contributed by atoms with E-state index in [9.17, 15) is 13.2 Å². The lowest BCUT2D eigenvalue weighted by atomic mass is 10.0. The normalized spacial score (nSPS) is 16.9. The smallest absolute Gasteiger partial charge is 0.238 e. The predicted octanol–water partition coefficient (Wildman–Crippen LogP) is 3.21. The lowest BCUT2D eigenvalue weighted by molar-refractivity contribution is 0.104. The molecule has 1 unspecified atom stereocenters. The summed E-state index contributed by atoms with van der Waals surface area (Å²) in [5.74, 6) is -0.217. The van der Waals surface area contributed by atoms with E-state index in [1.807, 2.05) is 30.3 Å². The van der Waals surface area contributed by atoms with Crippen LogP contribution in [-0.2, 0) is 14.8 Å². The zero-order chi connectivity index (χ0) is 17.9. The van der Waals surface area contributed by atoms with Crippen LogP contribution in [0.15, 0.2) is 71.8 Å². The largest absolute Gasteiger partial charge is 0.493 e. The summed E-state index contributed by atoms with van der Waals surface area (Å²) in [5.41, 5.74) is 2.34. The molecule has 0 fully saturated rings. The van der Waals surface area contributed by atoms with Crippen molar-refractivity contribution in [3.63, 3.8) is 0 Å². The van der Waals surface area contributed by atoms with Gasteiger partial charge in [-0.05, 0) is 53.6 Å². The Morgan fingerprint density at radius 3 is 2.56 bits per heavy atom. The summed E-state index contributed by atoms with van der Waals surface area (Å²) >= 11 is 0. The molecule has 2 N–H and O–H groups in total. The lowest BCUT2D eigenvalue weighted by Gasteiger charge is -2.10. The number of hydrogen-bond acceptors (Lipinski definition) is 4. The van der Waals surface area contributed by atoms with Crippen molar-refractivity contribution < 1.29 is 17.9 Å². The van der Waals surface area contributed by atoms with E-state index in [0.29, 0.717) is 5.56 Å². The van der Waals surface area contributed by atoms with Crippen LogP contribution < -0.4 is 5.14 Å². The molecule has 0 saturated carbocycles. The molecule has 2 aromatic carbocycles. The third-order valence-electron chi connectivity index (χ3n) is 3.87. The van der Waals surface area contributed by atoms with Crippen LogP contribution in [0.25, 0.3) is 6.08 Å². The molecule has 0 amide bonds. The second kappa shape index (κ2) is 7.04. The van der Waals surface area contributed by atoms with Gasteiger partial charge in [0.1, 0.15) is 6.10 Å². The number of carbonyl (C=O) groups excluding carboxylic acids is 1. The zero-order valence-electron chi connectivity index (χ0n) is 13.3. The number of ketones is 1. The summed E-state index contributed by atoms with van der Waals surface area (Å²) in [6, 6.07) is 13.3. The van der Waals surface area contributed by atoms with Crippen molar-refractivity contribution in [1.82, 2.24) is 0 Å². The molecule has 1 aliphatic heterocycles. The van der Waals surface area contributed by atoms with E-state index < -0.39 is 10.0 Å². The Labute approximate surface area is 146 Å². The SMILES string of the molecule is NS(=O)(=O)c1ccc(C(=O)/C=C/c2cccc(C3CC=CO3)c2)cc1. The number of sulfonamides is 1. The van der Waals surface area contributed by atoms with Crippen LogP contribution in [-0.4, -0.2) is 14.2 Å². The molecular formula is C19H17NO4S. The average molecular weight is 355 g/mol. The average Bonchev–Trinajstić information content (AvgIpc) is 3.14. The molecule has 5 nitrogen and oxygen atoms in total. The van der Waals surface area contributed by atoms with Crippen molar-refractivity contribution >= 4 is 21.9 Å². The van der Waals surface area contributed by atoms with Crippen molar-refractivity contribution in [3.8, 4) is 0 Å². The fourth-order valence-electron chi connectivity index (χ4n) is 2.54. The highest BCUT2D eigenvalue weighted by molar-refractivity contribution is 7.89. The van der Waals surface area contributed by atoms with E-state index in [1.165, 1.54) is 30.3 Å². The Morgan fingerprint density at radius 1 is 1.16 bits per heavy atom. The number of ether oxygens (including phenoxy) is 1. The minimum Gasteiger partial charge on any atom is -0.493 e. The maximum absolute atomic E-state index is 12.2. The quantitative estimate of drug-likeness (QED) is 0.659. The zero-order valence-corrected chi connectivity index (χ0v) is 14.1. The molecule has 3 rings (SSSR count). The molecule has 0 aromatic heterocycles. The molecule has 128 valence electrons. The Morgan fingerprint density at radius 2 is 1.92 bits per heavy atom. The third kappa shape index (κ3) is 4.23. The first-order chi connectivity index (χ1) is 11.9. The highest BCUT2D eigenvalue weighted by atomic mass is 32.2. The molecular weight excluding hydrogens is 338 g/mol.